The van der Waals surface area contributed by atoms with Crippen LogP contribution in [-0.2, 0) is 0 Å². The molecule has 0 bridgehead atoms. The largest absolute Gasteiger partial charge is 0.216 e. The molecule has 2 aliphatic carbocycles. The fourth-order valence-corrected chi connectivity index (χ4v) is 4.06. The number of halogens is 1. The maximum Gasteiger partial charge on any atom is 0.0827 e. The summed E-state index contributed by atoms with van der Waals surface area (Å²) in [5.74, 6) is 2.95. The van der Waals surface area contributed by atoms with Gasteiger partial charge in [0.25, 0.3) is 0 Å². The van der Waals surface area contributed by atoms with Crippen LogP contribution in [0.3, 0.4) is 0 Å². The maximum atomic E-state index is 11.9. The van der Waals surface area contributed by atoms with Crippen molar-refractivity contribution >= 4 is 0 Å². The SMILES string of the molecule is N#C[C@H]1CC[C@H]([C@H]2CC[C@H](CCC=CF)CC2)CC1. The molecular formula is C17H26FN. The maximum absolute atomic E-state index is 11.9. The summed E-state index contributed by atoms with van der Waals surface area (Å²) in [6.07, 6.45) is 14.6. The average Bonchev–Trinajstić information content (AvgIpc) is 2.48. The first-order valence-corrected chi connectivity index (χ1v) is 7.98. The number of hydrogen-bond acceptors (Lipinski definition) is 1. The summed E-state index contributed by atoms with van der Waals surface area (Å²) in [5, 5.41) is 8.94. The van der Waals surface area contributed by atoms with Crippen LogP contribution >= 0.6 is 0 Å². The standard InChI is InChI=1S/C17H26FN/c18-12-2-1-3-14-4-8-16(9-5-14)17-10-6-15(13-19)7-11-17/h2,12,14-17H,1,3-11H2/t14-,15-,16-,17-. The van der Waals surface area contributed by atoms with Gasteiger partial charge in [-0.1, -0.05) is 18.9 Å². The monoisotopic (exact) mass is 263 g/mol. The first-order valence-electron chi connectivity index (χ1n) is 7.98. The van der Waals surface area contributed by atoms with E-state index in [4.69, 9.17) is 5.26 Å². The first kappa shape index (κ1) is 14.6. The highest BCUT2D eigenvalue weighted by atomic mass is 19.1. The van der Waals surface area contributed by atoms with Crippen molar-refractivity contribution in [2.24, 2.45) is 23.7 Å². The van der Waals surface area contributed by atoms with Crippen molar-refractivity contribution in [2.75, 3.05) is 0 Å². The van der Waals surface area contributed by atoms with Crippen molar-refractivity contribution in [3.05, 3.63) is 12.4 Å². The third-order valence-electron chi connectivity index (χ3n) is 5.34. The second kappa shape index (κ2) is 7.68. The van der Waals surface area contributed by atoms with E-state index in [1.54, 1.807) is 6.08 Å². The summed E-state index contributed by atoms with van der Waals surface area (Å²) in [5.41, 5.74) is 0. The zero-order valence-corrected chi connectivity index (χ0v) is 11.9. The molecule has 2 rings (SSSR count). The molecule has 2 saturated carbocycles. The molecule has 0 aromatic heterocycles. The Morgan fingerprint density at radius 2 is 1.53 bits per heavy atom. The lowest BCUT2D eigenvalue weighted by molar-refractivity contribution is 0.154. The van der Waals surface area contributed by atoms with Crippen LogP contribution in [0, 0.1) is 35.0 Å². The molecule has 0 N–H and O–H groups in total. The second-order valence-electron chi connectivity index (χ2n) is 6.46. The number of allylic oxidation sites excluding steroid dienone is 1. The molecule has 0 radical (unpaired) electrons. The number of nitriles is 1. The lowest BCUT2D eigenvalue weighted by Crippen LogP contribution is -2.25. The Morgan fingerprint density at radius 1 is 0.947 bits per heavy atom. The highest BCUT2D eigenvalue weighted by Crippen LogP contribution is 2.42. The van der Waals surface area contributed by atoms with Crippen LogP contribution in [0.2, 0.25) is 0 Å². The predicted molar refractivity (Wildman–Crippen MR) is 76.0 cm³/mol. The summed E-state index contributed by atoms with van der Waals surface area (Å²) in [4.78, 5) is 0. The fourth-order valence-electron chi connectivity index (χ4n) is 4.06. The molecule has 0 aromatic carbocycles. The molecule has 0 heterocycles. The summed E-state index contributed by atoms with van der Waals surface area (Å²) in [6.45, 7) is 0. The Kier molecular flexibility index (Phi) is 5.89. The molecule has 0 spiro atoms. The van der Waals surface area contributed by atoms with E-state index in [1.165, 1.54) is 38.5 Å². The van der Waals surface area contributed by atoms with Crippen LogP contribution < -0.4 is 0 Å². The normalized spacial score (nSPS) is 36.2. The summed E-state index contributed by atoms with van der Waals surface area (Å²) >= 11 is 0. The molecule has 0 atom stereocenters. The Bertz CT molecular complexity index is 315. The predicted octanol–water partition coefficient (Wildman–Crippen LogP) is 5.39. The molecule has 2 aliphatic rings. The van der Waals surface area contributed by atoms with Crippen LogP contribution in [-0.4, -0.2) is 0 Å². The first-order chi connectivity index (χ1) is 9.33. The number of rotatable bonds is 4. The van der Waals surface area contributed by atoms with Gasteiger partial charge in [-0.15, -0.1) is 0 Å². The number of nitrogens with zero attached hydrogens (tertiary/aromatic N) is 1. The van der Waals surface area contributed by atoms with Crippen molar-refractivity contribution in [3.8, 4) is 6.07 Å². The van der Waals surface area contributed by atoms with Gasteiger partial charge >= 0.3 is 0 Å². The van der Waals surface area contributed by atoms with E-state index in [0.29, 0.717) is 12.2 Å². The van der Waals surface area contributed by atoms with E-state index < -0.39 is 0 Å². The van der Waals surface area contributed by atoms with Gasteiger partial charge in [-0.3, -0.25) is 0 Å². The van der Waals surface area contributed by atoms with Crippen molar-refractivity contribution < 1.29 is 4.39 Å². The van der Waals surface area contributed by atoms with Crippen LogP contribution in [0.5, 0.6) is 0 Å². The Labute approximate surface area is 116 Å². The molecule has 106 valence electrons. The molecule has 19 heavy (non-hydrogen) atoms. The molecule has 0 amide bonds. The van der Waals surface area contributed by atoms with Gasteiger partial charge in [-0.05, 0) is 69.1 Å². The molecule has 0 aromatic rings. The lowest BCUT2D eigenvalue weighted by Gasteiger charge is -2.36. The van der Waals surface area contributed by atoms with Gasteiger partial charge in [0.2, 0.25) is 0 Å². The Morgan fingerprint density at radius 3 is 2.05 bits per heavy atom. The summed E-state index contributed by atoms with van der Waals surface area (Å²) in [7, 11) is 0. The average molecular weight is 263 g/mol. The lowest BCUT2D eigenvalue weighted by atomic mass is 9.69. The summed E-state index contributed by atoms with van der Waals surface area (Å²) < 4.78 is 11.9. The van der Waals surface area contributed by atoms with Crippen molar-refractivity contribution in [1.82, 2.24) is 0 Å². The van der Waals surface area contributed by atoms with Crippen molar-refractivity contribution in [2.45, 2.75) is 64.2 Å². The van der Waals surface area contributed by atoms with E-state index in [2.05, 4.69) is 6.07 Å². The van der Waals surface area contributed by atoms with E-state index in [0.717, 1.165) is 43.4 Å². The topological polar surface area (TPSA) is 23.8 Å². The van der Waals surface area contributed by atoms with Crippen LogP contribution in [0.1, 0.15) is 64.2 Å². The minimum atomic E-state index is 0.333. The van der Waals surface area contributed by atoms with Crippen LogP contribution in [0.4, 0.5) is 4.39 Å². The molecular weight excluding hydrogens is 237 g/mol. The van der Waals surface area contributed by atoms with Crippen molar-refractivity contribution in [3.63, 3.8) is 0 Å². The van der Waals surface area contributed by atoms with Crippen molar-refractivity contribution in [1.29, 1.82) is 5.26 Å². The van der Waals surface area contributed by atoms with Crippen LogP contribution in [0.15, 0.2) is 12.4 Å². The quantitative estimate of drug-likeness (QED) is 0.667. The zero-order chi connectivity index (χ0) is 13.5. The minimum Gasteiger partial charge on any atom is -0.216 e. The Balaban J connectivity index is 1.67. The van der Waals surface area contributed by atoms with Gasteiger partial charge in [0.15, 0.2) is 0 Å². The van der Waals surface area contributed by atoms with Gasteiger partial charge in [0.05, 0.1) is 12.4 Å². The van der Waals surface area contributed by atoms with Gasteiger partial charge in [0.1, 0.15) is 0 Å². The van der Waals surface area contributed by atoms with Gasteiger partial charge in [0, 0.05) is 5.92 Å². The molecule has 2 heteroatoms. The van der Waals surface area contributed by atoms with E-state index in [9.17, 15) is 4.39 Å². The molecule has 1 nitrogen and oxygen atoms in total. The van der Waals surface area contributed by atoms with E-state index in [1.807, 2.05) is 0 Å². The van der Waals surface area contributed by atoms with Gasteiger partial charge < -0.3 is 0 Å². The highest BCUT2D eigenvalue weighted by Gasteiger charge is 2.30. The third-order valence-corrected chi connectivity index (χ3v) is 5.34. The summed E-state index contributed by atoms with van der Waals surface area (Å²) in [6, 6.07) is 2.43. The molecule has 0 unspecified atom stereocenters. The third kappa shape index (κ3) is 4.34. The molecule has 0 aliphatic heterocycles. The van der Waals surface area contributed by atoms with E-state index >= 15 is 0 Å². The highest BCUT2D eigenvalue weighted by molar-refractivity contribution is 4.89. The van der Waals surface area contributed by atoms with Crippen LogP contribution in [0.25, 0.3) is 0 Å². The minimum absolute atomic E-state index is 0.333. The zero-order valence-electron chi connectivity index (χ0n) is 11.9. The molecule has 2 fully saturated rings. The molecule has 0 saturated heterocycles. The van der Waals surface area contributed by atoms with Gasteiger partial charge in [-0.25, -0.2) is 4.39 Å². The van der Waals surface area contributed by atoms with Gasteiger partial charge in [-0.2, -0.15) is 5.26 Å². The smallest absolute Gasteiger partial charge is 0.0827 e. The fraction of sp³-hybridized carbons (Fsp3) is 0.824. The Hall–Kier alpha value is -0.840. The second-order valence-corrected chi connectivity index (χ2v) is 6.46. The number of hydrogen-bond donors (Lipinski definition) is 0. The van der Waals surface area contributed by atoms with E-state index in [-0.39, 0.29) is 0 Å².